The zero-order valence-electron chi connectivity index (χ0n) is 16.3. The van der Waals surface area contributed by atoms with Crippen molar-refractivity contribution in [3.8, 4) is 0 Å². The molecule has 31 heavy (non-hydrogen) atoms. The normalized spacial score (nSPS) is 12.7. The van der Waals surface area contributed by atoms with Gasteiger partial charge in [0.05, 0.1) is 23.4 Å². The van der Waals surface area contributed by atoms with E-state index in [1.54, 1.807) is 37.4 Å². The number of nitrogens with zero attached hydrogens (tertiary/aromatic N) is 5. The Bertz CT molecular complexity index is 1090. The van der Waals surface area contributed by atoms with Gasteiger partial charge in [-0.1, -0.05) is 28.8 Å². The van der Waals surface area contributed by atoms with Crippen molar-refractivity contribution in [2.45, 2.75) is 13.0 Å². The Kier molecular flexibility index (Phi) is 7.41. The molecule has 3 aromatic rings. The molecule has 1 amide bonds. The summed E-state index contributed by atoms with van der Waals surface area (Å²) in [7, 11) is 0. The SMILES string of the molecule is C/C=C(\C=C/N(C=O)C(CO)c1ccc(Cl)c(F)c1)c1ccnc(Nc2nnco2)n1. The third kappa shape index (κ3) is 5.50. The van der Waals surface area contributed by atoms with Crippen molar-refractivity contribution in [1.29, 1.82) is 0 Å². The molecule has 0 saturated carbocycles. The van der Waals surface area contributed by atoms with Crippen LogP contribution in [0.5, 0.6) is 0 Å². The van der Waals surface area contributed by atoms with Crippen LogP contribution in [0.25, 0.3) is 5.57 Å². The van der Waals surface area contributed by atoms with Gasteiger partial charge in [-0.3, -0.25) is 10.1 Å². The average molecular weight is 445 g/mol. The van der Waals surface area contributed by atoms with Crippen LogP contribution in [-0.2, 0) is 4.79 Å². The van der Waals surface area contributed by atoms with Gasteiger partial charge in [-0.05, 0) is 42.3 Å². The Morgan fingerprint density at radius 3 is 2.90 bits per heavy atom. The third-order valence-corrected chi connectivity index (χ3v) is 4.56. The summed E-state index contributed by atoms with van der Waals surface area (Å²) in [5.41, 5.74) is 1.62. The molecule has 2 N–H and O–H groups in total. The topological polar surface area (TPSA) is 117 Å². The fourth-order valence-corrected chi connectivity index (χ4v) is 2.82. The molecule has 0 spiro atoms. The maximum Gasteiger partial charge on any atom is 0.322 e. The van der Waals surface area contributed by atoms with E-state index in [2.05, 4.69) is 25.5 Å². The van der Waals surface area contributed by atoms with Gasteiger partial charge in [-0.15, -0.1) is 5.10 Å². The predicted octanol–water partition coefficient (Wildman–Crippen LogP) is 3.50. The van der Waals surface area contributed by atoms with Crippen LogP contribution in [0, 0.1) is 5.82 Å². The molecule has 0 radical (unpaired) electrons. The average Bonchev–Trinajstić information content (AvgIpc) is 3.29. The highest BCUT2D eigenvalue weighted by molar-refractivity contribution is 6.30. The Morgan fingerprint density at radius 2 is 2.26 bits per heavy atom. The van der Waals surface area contributed by atoms with Gasteiger partial charge in [-0.2, -0.15) is 0 Å². The van der Waals surface area contributed by atoms with Gasteiger partial charge in [0, 0.05) is 12.4 Å². The second-order valence-electron chi connectivity index (χ2n) is 6.12. The first-order valence-corrected chi connectivity index (χ1v) is 9.43. The zero-order chi connectivity index (χ0) is 22.2. The summed E-state index contributed by atoms with van der Waals surface area (Å²) in [6, 6.07) is 5.14. The number of aliphatic hydroxyl groups excluding tert-OH is 1. The predicted molar refractivity (Wildman–Crippen MR) is 112 cm³/mol. The maximum atomic E-state index is 13.8. The molecule has 11 heteroatoms. The summed E-state index contributed by atoms with van der Waals surface area (Å²) in [5.74, 6) is -0.393. The molecule has 0 fully saturated rings. The van der Waals surface area contributed by atoms with E-state index in [-0.39, 0.29) is 17.0 Å². The molecule has 1 aromatic carbocycles. The van der Waals surface area contributed by atoms with Crippen molar-refractivity contribution >= 4 is 35.5 Å². The largest absolute Gasteiger partial charge is 0.411 e. The smallest absolute Gasteiger partial charge is 0.322 e. The summed E-state index contributed by atoms with van der Waals surface area (Å²) in [6.45, 7) is 1.39. The fourth-order valence-electron chi connectivity index (χ4n) is 2.70. The molecule has 0 aliphatic rings. The van der Waals surface area contributed by atoms with Gasteiger partial charge in [-0.25, -0.2) is 14.4 Å². The van der Waals surface area contributed by atoms with Crippen LogP contribution in [0.15, 0.2) is 59.6 Å². The second-order valence-corrected chi connectivity index (χ2v) is 6.53. The molecule has 2 aromatic heterocycles. The highest BCUT2D eigenvalue weighted by atomic mass is 35.5. The summed E-state index contributed by atoms with van der Waals surface area (Å²) in [6.07, 6.45) is 8.16. The van der Waals surface area contributed by atoms with Crippen molar-refractivity contribution in [3.05, 3.63) is 77.3 Å². The summed E-state index contributed by atoms with van der Waals surface area (Å²) >= 11 is 5.72. The second kappa shape index (κ2) is 10.4. The quantitative estimate of drug-likeness (QED) is 0.380. The number of anilines is 2. The Hall–Kier alpha value is -3.63. The monoisotopic (exact) mass is 444 g/mol. The Labute approximate surface area is 181 Å². The molecular weight excluding hydrogens is 427 g/mol. The Balaban J connectivity index is 1.81. The molecular formula is C20H18ClFN6O3. The lowest BCUT2D eigenvalue weighted by Gasteiger charge is -2.24. The summed E-state index contributed by atoms with van der Waals surface area (Å²) in [5, 5.41) is 19.8. The summed E-state index contributed by atoms with van der Waals surface area (Å²) < 4.78 is 18.8. The lowest BCUT2D eigenvalue weighted by Crippen LogP contribution is -2.25. The third-order valence-electron chi connectivity index (χ3n) is 4.25. The number of amides is 1. The number of aliphatic hydroxyl groups is 1. The van der Waals surface area contributed by atoms with Crippen LogP contribution < -0.4 is 5.32 Å². The zero-order valence-corrected chi connectivity index (χ0v) is 17.1. The van der Waals surface area contributed by atoms with Gasteiger partial charge in [0.2, 0.25) is 18.8 Å². The van der Waals surface area contributed by atoms with Crippen LogP contribution in [-0.4, -0.2) is 43.2 Å². The van der Waals surface area contributed by atoms with E-state index in [0.29, 0.717) is 23.2 Å². The van der Waals surface area contributed by atoms with Gasteiger partial charge in [0.1, 0.15) is 5.82 Å². The standard InChI is InChI=1S/C20H18ClFN6O3/c1-2-13(17-5-7-23-19(25-17)26-20-27-24-11-31-20)6-8-28(12-30)18(10-29)14-3-4-15(21)16(22)9-14/h2-9,11-12,18,29H,10H2,1H3,(H,23,25,26,27)/b8-6-,13-2+. The maximum absolute atomic E-state index is 13.8. The van der Waals surface area contributed by atoms with Gasteiger partial charge in [0.25, 0.3) is 0 Å². The Morgan fingerprint density at radius 1 is 1.42 bits per heavy atom. The molecule has 0 bridgehead atoms. The number of halogens is 2. The number of benzene rings is 1. The summed E-state index contributed by atoms with van der Waals surface area (Å²) in [4.78, 5) is 21.4. The van der Waals surface area contributed by atoms with Gasteiger partial charge in [0.15, 0.2) is 0 Å². The van der Waals surface area contributed by atoms with E-state index in [1.165, 1.54) is 29.6 Å². The van der Waals surface area contributed by atoms with E-state index >= 15 is 0 Å². The molecule has 9 nitrogen and oxygen atoms in total. The molecule has 1 atom stereocenters. The van der Waals surface area contributed by atoms with Crippen LogP contribution in [0.4, 0.5) is 16.4 Å². The van der Waals surface area contributed by atoms with E-state index in [1.807, 2.05) is 0 Å². The molecule has 160 valence electrons. The number of aromatic nitrogens is 4. The number of rotatable bonds is 9. The number of nitrogens with one attached hydrogen (secondary N) is 1. The number of carbonyl (C=O) groups is 1. The van der Waals surface area contributed by atoms with Crippen molar-refractivity contribution in [3.63, 3.8) is 0 Å². The first kappa shape index (κ1) is 22.1. The van der Waals surface area contributed by atoms with Gasteiger partial charge < -0.3 is 14.4 Å². The van der Waals surface area contributed by atoms with E-state index in [9.17, 15) is 14.3 Å². The van der Waals surface area contributed by atoms with E-state index < -0.39 is 18.5 Å². The first-order valence-electron chi connectivity index (χ1n) is 9.05. The van der Waals surface area contributed by atoms with Crippen molar-refractivity contribution in [2.75, 3.05) is 11.9 Å². The lowest BCUT2D eigenvalue weighted by atomic mass is 10.1. The minimum Gasteiger partial charge on any atom is -0.411 e. The van der Waals surface area contributed by atoms with Crippen molar-refractivity contribution < 1.29 is 18.7 Å². The molecule has 0 aliphatic heterocycles. The van der Waals surface area contributed by atoms with Crippen LogP contribution in [0.3, 0.4) is 0 Å². The number of hydrogen-bond acceptors (Lipinski definition) is 8. The number of carbonyl (C=O) groups excluding carboxylic acids is 1. The molecule has 1 unspecified atom stereocenters. The van der Waals surface area contributed by atoms with Crippen molar-refractivity contribution in [2.24, 2.45) is 0 Å². The number of allylic oxidation sites excluding steroid dienone is 3. The molecule has 3 rings (SSSR count). The van der Waals surface area contributed by atoms with Crippen LogP contribution >= 0.6 is 11.6 Å². The molecule has 0 aliphatic carbocycles. The number of hydrogen-bond donors (Lipinski definition) is 2. The highest BCUT2D eigenvalue weighted by Gasteiger charge is 2.18. The van der Waals surface area contributed by atoms with E-state index in [4.69, 9.17) is 16.0 Å². The molecule has 0 saturated heterocycles. The minimum atomic E-state index is -0.793. The highest BCUT2D eigenvalue weighted by Crippen LogP contribution is 2.25. The van der Waals surface area contributed by atoms with Gasteiger partial charge >= 0.3 is 6.01 Å². The lowest BCUT2D eigenvalue weighted by molar-refractivity contribution is -0.118. The fraction of sp³-hybridized carbons (Fsp3) is 0.150. The minimum absolute atomic E-state index is 0.0430. The first-order chi connectivity index (χ1) is 15.0. The van der Waals surface area contributed by atoms with Crippen LogP contribution in [0.2, 0.25) is 5.02 Å². The van der Waals surface area contributed by atoms with Crippen LogP contribution in [0.1, 0.15) is 24.2 Å². The van der Waals surface area contributed by atoms with E-state index in [0.717, 1.165) is 0 Å². The van der Waals surface area contributed by atoms with Crippen molar-refractivity contribution in [1.82, 2.24) is 25.1 Å². The molecule has 2 heterocycles.